The Hall–Kier alpha value is -2.95. The number of rotatable bonds is 2. The van der Waals surface area contributed by atoms with Crippen LogP contribution >= 0.6 is 0 Å². The van der Waals surface area contributed by atoms with Crippen LogP contribution in [-0.4, -0.2) is 34.1 Å². The van der Waals surface area contributed by atoms with Crippen LogP contribution in [0.2, 0.25) is 0 Å². The van der Waals surface area contributed by atoms with E-state index in [0.717, 1.165) is 49.9 Å². The first kappa shape index (κ1) is 17.2. The molecule has 28 heavy (non-hydrogen) atoms. The van der Waals surface area contributed by atoms with Crippen LogP contribution in [0, 0.1) is 5.82 Å². The molecule has 2 aromatic carbocycles. The summed E-state index contributed by atoms with van der Waals surface area (Å²) in [6.45, 7) is 1.55. The Bertz CT molecular complexity index is 1010. The highest BCUT2D eigenvalue weighted by molar-refractivity contribution is 5.95. The van der Waals surface area contributed by atoms with Crippen molar-refractivity contribution in [2.45, 2.75) is 31.1 Å². The Morgan fingerprint density at radius 3 is 2.50 bits per heavy atom. The minimum absolute atomic E-state index is 0.0355. The Kier molecular flexibility index (Phi) is 4.04. The molecule has 0 saturated carbocycles. The van der Waals surface area contributed by atoms with Crippen molar-refractivity contribution in [3.63, 3.8) is 0 Å². The highest BCUT2D eigenvalue weighted by Crippen LogP contribution is 2.44. The van der Waals surface area contributed by atoms with Crippen LogP contribution in [0.3, 0.4) is 0 Å². The van der Waals surface area contributed by atoms with E-state index in [1.807, 2.05) is 35.4 Å². The van der Waals surface area contributed by atoms with E-state index in [2.05, 4.69) is 10.2 Å². The van der Waals surface area contributed by atoms with Gasteiger partial charge in [0.2, 0.25) is 0 Å². The van der Waals surface area contributed by atoms with E-state index >= 15 is 0 Å². The molecule has 1 aromatic heterocycles. The number of hydrogen-bond donors (Lipinski definition) is 1. The van der Waals surface area contributed by atoms with Crippen LogP contribution in [0.25, 0.3) is 11.1 Å². The number of benzene rings is 2. The number of nitrogens with one attached hydrogen (secondary N) is 1. The fourth-order valence-corrected chi connectivity index (χ4v) is 4.80. The van der Waals surface area contributed by atoms with E-state index in [-0.39, 0.29) is 17.1 Å². The molecule has 2 aliphatic rings. The van der Waals surface area contributed by atoms with Crippen LogP contribution < -0.4 is 0 Å². The van der Waals surface area contributed by atoms with Gasteiger partial charge in [-0.25, -0.2) is 4.39 Å². The number of amides is 1. The van der Waals surface area contributed by atoms with Crippen molar-refractivity contribution in [3.05, 3.63) is 77.4 Å². The van der Waals surface area contributed by atoms with Gasteiger partial charge >= 0.3 is 0 Å². The molecule has 5 heteroatoms. The maximum absolute atomic E-state index is 13.1. The van der Waals surface area contributed by atoms with Crippen LogP contribution in [0.1, 0.15) is 40.9 Å². The largest absolute Gasteiger partial charge is 0.338 e. The molecule has 0 bridgehead atoms. The number of carbonyl (C=O) groups is 1. The number of hydrogen-bond acceptors (Lipinski definition) is 2. The lowest BCUT2D eigenvalue weighted by atomic mass is 9.77. The number of aromatic amines is 1. The smallest absolute Gasteiger partial charge is 0.253 e. The fraction of sp³-hybridized carbons (Fsp3) is 0.304. The molecule has 142 valence electrons. The number of carbonyl (C=O) groups excluding carboxylic acids is 1. The Morgan fingerprint density at radius 1 is 1.04 bits per heavy atom. The van der Waals surface area contributed by atoms with Crippen LogP contribution in [-0.2, 0) is 11.8 Å². The van der Waals surface area contributed by atoms with E-state index in [9.17, 15) is 9.18 Å². The first-order valence-corrected chi connectivity index (χ1v) is 9.83. The van der Waals surface area contributed by atoms with Crippen molar-refractivity contribution < 1.29 is 9.18 Å². The molecular weight excluding hydrogens is 353 g/mol. The maximum atomic E-state index is 13.1. The molecule has 1 unspecified atom stereocenters. The zero-order chi connectivity index (χ0) is 19.1. The summed E-state index contributed by atoms with van der Waals surface area (Å²) in [6.07, 6.45) is 6.18. The summed E-state index contributed by atoms with van der Waals surface area (Å²) < 4.78 is 13.1. The third-order valence-corrected chi connectivity index (χ3v) is 6.29. The van der Waals surface area contributed by atoms with Gasteiger partial charge in [0.25, 0.3) is 5.91 Å². The molecule has 1 amide bonds. The number of nitrogens with zero attached hydrogens (tertiary/aromatic N) is 2. The third kappa shape index (κ3) is 2.82. The quantitative estimate of drug-likeness (QED) is 0.724. The highest BCUT2D eigenvalue weighted by atomic mass is 19.1. The van der Waals surface area contributed by atoms with E-state index in [0.29, 0.717) is 5.56 Å². The Balaban J connectivity index is 1.36. The first-order valence-electron chi connectivity index (χ1n) is 9.83. The van der Waals surface area contributed by atoms with Gasteiger partial charge in [0, 0.05) is 29.8 Å². The Morgan fingerprint density at radius 2 is 1.75 bits per heavy atom. The molecule has 1 aliphatic heterocycles. The average Bonchev–Trinajstić information content (AvgIpc) is 3.33. The van der Waals surface area contributed by atoms with Crippen LogP contribution in [0.15, 0.2) is 54.7 Å². The van der Waals surface area contributed by atoms with Gasteiger partial charge in [0.15, 0.2) is 0 Å². The number of likely N-dealkylation sites (tertiary alicyclic amines) is 1. The van der Waals surface area contributed by atoms with Crippen molar-refractivity contribution in [1.29, 1.82) is 0 Å². The summed E-state index contributed by atoms with van der Waals surface area (Å²) in [7, 11) is 0. The Labute approximate surface area is 163 Å². The zero-order valence-electron chi connectivity index (χ0n) is 15.6. The third-order valence-electron chi connectivity index (χ3n) is 6.29. The molecule has 1 atom stereocenters. The van der Waals surface area contributed by atoms with Gasteiger partial charge in [0.1, 0.15) is 5.82 Å². The lowest BCUT2D eigenvalue weighted by Gasteiger charge is -2.40. The van der Waals surface area contributed by atoms with Crippen molar-refractivity contribution in [2.24, 2.45) is 0 Å². The zero-order valence-corrected chi connectivity index (χ0v) is 15.6. The van der Waals surface area contributed by atoms with E-state index in [1.54, 1.807) is 12.1 Å². The minimum atomic E-state index is -0.248. The number of halogens is 1. The van der Waals surface area contributed by atoms with Gasteiger partial charge in [-0.1, -0.05) is 24.3 Å². The highest BCUT2D eigenvalue weighted by Gasteiger charge is 2.44. The summed E-state index contributed by atoms with van der Waals surface area (Å²) in [4.78, 5) is 15.1. The molecule has 5 rings (SSSR count). The average molecular weight is 375 g/mol. The summed E-state index contributed by atoms with van der Waals surface area (Å²) in [5.41, 5.74) is 5.19. The lowest BCUT2D eigenvalue weighted by Crippen LogP contribution is -2.47. The summed E-state index contributed by atoms with van der Waals surface area (Å²) in [6, 6.07) is 14.0. The minimum Gasteiger partial charge on any atom is -0.338 e. The molecular formula is C23H22FN3O. The molecule has 2 heterocycles. The van der Waals surface area contributed by atoms with Crippen molar-refractivity contribution in [3.8, 4) is 11.1 Å². The molecule has 1 fully saturated rings. The summed E-state index contributed by atoms with van der Waals surface area (Å²) in [5, 5.41) is 7.41. The van der Waals surface area contributed by atoms with Gasteiger partial charge in [-0.2, -0.15) is 5.10 Å². The molecule has 0 radical (unpaired) electrons. The predicted molar refractivity (Wildman–Crippen MR) is 106 cm³/mol. The second kappa shape index (κ2) is 6.59. The second-order valence-corrected chi connectivity index (χ2v) is 7.97. The number of fused-ring (bicyclic) bond motifs is 2. The van der Waals surface area contributed by atoms with Crippen molar-refractivity contribution in [2.75, 3.05) is 13.1 Å². The molecule has 1 N–H and O–H groups in total. The molecule has 4 nitrogen and oxygen atoms in total. The van der Waals surface area contributed by atoms with Crippen molar-refractivity contribution >= 4 is 5.91 Å². The second-order valence-electron chi connectivity index (χ2n) is 7.97. The van der Waals surface area contributed by atoms with E-state index in [1.165, 1.54) is 23.4 Å². The number of aromatic nitrogens is 2. The molecule has 3 aromatic rings. The van der Waals surface area contributed by atoms with E-state index < -0.39 is 0 Å². The molecule has 1 aliphatic carbocycles. The standard InChI is InChI=1S/C23H22FN3O/c24-20-8-6-17(7-9-20)16-2-4-18(5-3-16)22(28)27-13-1-11-23(15-27)12-10-19-14-25-26-21(19)23/h2-9,14H,1,10-13,15H2,(H,25,26). The lowest BCUT2D eigenvalue weighted by molar-refractivity contribution is 0.0633. The van der Waals surface area contributed by atoms with Crippen molar-refractivity contribution in [1.82, 2.24) is 15.1 Å². The van der Waals surface area contributed by atoms with Gasteiger partial charge in [-0.05, 0) is 66.6 Å². The predicted octanol–water partition coefficient (Wildman–Crippen LogP) is 4.34. The number of piperidine rings is 1. The number of H-pyrrole nitrogens is 1. The summed E-state index contributed by atoms with van der Waals surface area (Å²) >= 11 is 0. The van der Waals surface area contributed by atoms with Gasteiger partial charge < -0.3 is 4.90 Å². The molecule has 1 saturated heterocycles. The van der Waals surface area contributed by atoms with Gasteiger partial charge in [0.05, 0.1) is 6.20 Å². The first-order chi connectivity index (χ1) is 13.6. The van der Waals surface area contributed by atoms with E-state index in [4.69, 9.17) is 0 Å². The number of aryl methyl sites for hydroxylation is 1. The summed E-state index contributed by atoms with van der Waals surface area (Å²) in [5.74, 6) is -0.167. The van der Waals surface area contributed by atoms with Crippen LogP contribution in [0.4, 0.5) is 4.39 Å². The maximum Gasteiger partial charge on any atom is 0.253 e. The van der Waals surface area contributed by atoms with Crippen LogP contribution in [0.5, 0.6) is 0 Å². The van der Waals surface area contributed by atoms with Gasteiger partial charge in [-0.3, -0.25) is 9.89 Å². The SMILES string of the molecule is O=C(c1ccc(-c2ccc(F)cc2)cc1)N1CCCC2(CCc3cn[nH]c32)C1. The topological polar surface area (TPSA) is 49.0 Å². The molecule has 1 spiro atoms. The normalized spacial score (nSPS) is 21.1. The fourth-order valence-electron chi connectivity index (χ4n) is 4.80. The monoisotopic (exact) mass is 375 g/mol. The van der Waals surface area contributed by atoms with Gasteiger partial charge in [-0.15, -0.1) is 0 Å².